The highest BCUT2D eigenvalue weighted by atomic mass is 79.9. The van der Waals surface area contributed by atoms with Crippen molar-refractivity contribution < 1.29 is 9.18 Å². The first-order valence-electron chi connectivity index (χ1n) is 6.03. The first kappa shape index (κ1) is 14.1. The molecule has 0 bridgehead atoms. The Balaban J connectivity index is 2.15. The average Bonchev–Trinajstić information content (AvgIpc) is 2.85. The van der Waals surface area contributed by atoms with Crippen LogP contribution in [0.1, 0.15) is 15.9 Å². The number of anilines is 1. The second kappa shape index (κ2) is 5.16. The molecule has 0 unspecified atom stereocenters. The normalized spacial score (nSPS) is 11.0. The van der Waals surface area contributed by atoms with Gasteiger partial charge in [0.15, 0.2) is 5.78 Å². The van der Waals surface area contributed by atoms with Gasteiger partial charge in [-0.2, -0.15) is 0 Å². The number of nitrogen functional groups attached to an aromatic ring is 1. The molecule has 0 atom stereocenters. The molecule has 106 valence electrons. The van der Waals surface area contributed by atoms with Gasteiger partial charge >= 0.3 is 0 Å². The molecule has 0 spiro atoms. The van der Waals surface area contributed by atoms with Gasteiger partial charge in [-0.25, -0.2) is 4.39 Å². The van der Waals surface area contributed by atoms with Gasteiger partial charge in [-0.3, -0.25) is 4.79 Å². The van der Waals surface area contributed by atoms with Gasteiger partial charge in [0.2, 0.25) is 0 Å². The molecule has 0 saturated heterocycles. The van der Waals surface area contributed by atoms with Crippen molar-refractivity contribution in [2.24, 2.45) is 0 Å². The van der Waals surface area contributed by atoms with Crippen molar-refractivity contribution in [2.45, 2.75) is 0 Å². The fraction of sp³-hybridized carbons (Fsp3) is 0. The fourth-order valence-electron chi connectivity index (χ4n) is 2.17. The minimum absolute atomic E-state index is 0.0653. The zero-order chi connectivity index (χ0) is 15.1. The van der Waals surface area contributed by atoms with Crippen LogP contribution in [0, 0.1) is 5.82 Å². The minimum atomic E-state index is -0.566. The molecule has 1 aromatic heterocycles. The van der Waals surface area contributed by atoms with Gasteiger partial charge in [-0.1, -0.05) is 17.7 Å². The maximum Gasteiger partial charge on any atom is 0.196 e. The molecule has 0 radical (unpaired) electrons. The number of fused-ring (bicyclic) bond motifs is 1. The molecule has 3 aromatic rings. The lowest BCUT2D eigenvalue weighted by Crippen LogP contribution is -2.04. The second-order valence-electron chi connectivity index (χ2n) is 4.57. The molecule has 0 amide bonds. The van der Waals surface area contributed by atoms with E-state index in [9.17, 15) is 9.18 Å². The van der Waals surface area contributed by atoms with Crippen LogP contribution in [0.25, 0.3) is 10.9 Å². The van der Waals surface area contributed by atoms with Gasteiger partial charge in [-0.05, 0) is 40.2 Å². The summed E-state index contributed by atoms with van der Waals surface area (Å²) in [5, 5.41) is 1.33. The second-order valence-corrected chi connectivity index (χ2v) is 5.87. The predicted octanol–water partition coefficient (Wildman–Crippen LogP) is 4.54. The van der Waals surface area contributed by atoms with E-state index >= 15 is 0 Å². The lowest BCUT2D eigenvalue weighted by Gasteiger charge is -2.05. The summed E-state index contributed by atoms with van der Waals surface area (Å²) < 4.78 is 13.7. The smallest absolute Gasteiger partial charge is 0.196 e. The van der Waals surface area contributed by atoms with Crippen LogP contribution in [0.4, 0.5) is 10.1 Å². The van der Waals surface area contributed by atoms with Crippen molar-refractivity contribution in [3.05, 3.63) is 63.0 Å². The zero-order valence-corrected chi connectivity index (χ0v) is 12.9. The van der Waals surface area contributed by atoms with Gasteiger partial charge in [0.05, 0.1) is 5.69 Å². The van der Waals surface area contributed by atoms with Crippen molar-refractivity contribution in [3.63, 3.8) is 0 Å². The van der Waals surface area contributed by atoms with E-state index in [0.29, 0.717) is 20.6 Å². The number of hydrogen-bond acceptors (Lipinski definition) is 2. The number of H-pyrrole nitrogens is 1. The van der Waals surface area contributed by atoms with Crippen molar-refractivity contribution in [1.29, 1.82) is 0 Å². The summed E-state index contributed by atoms with van der Waals surface area (Å²) in [6, 6.07) is 7.73. The summed E-state index contributed by atoms with van der Waals surface area (Å²) in [5.74, 6) is -0.814. The highest BCUT2D eigenvalue weighted by Crippen LogP contribution is 2.29. The van der Waals surface area contributed by atoms with E-state index in [0.717, 1.165) is 10.9 Å². The summed E-state index contributed by atoms with van der Waals surface area (Å²) in [7, 11) is 0. The van der Waals surface area contributed by atoms with Gasteiger partial charge < -0.3 is 10.7 Å². The van der Waals surface area contributed by atoms with Crippen LogP contribution in [0.3, 0.4) is 0 Å². The SMILES string of the molecule is Nc1cc(C(=O)c2c[nH]c3cc(Cl)ccc23)c(Br)cc1F. The molecule has 0 saturated carbocycles. The number of hydrogen-bond donors (Lipinski definition) is 2. The number of nitrogens with one attached hydrogen (secondary N) is 1. The molecule has 2 aromatic carbocycles. The van der Waals surface area contributed by atoms with Crippen molar-refractivity contribution >= 4 is 49.9 Å². The van der Waals surface area contributed by atoms with Gasteiger partial charge in [-0.15, -0.1) is 0 Å². The Morgan fingerprint density at radius 1 is 1.24 bits per heavy atom. The summed E-state index contributed by atoms with van der Waals surface area (Å²) in [6.45, 7) is 0. The van der Waals surface area contributed by atoms with Crippen LogP contribution in [0.5, 0.6) is 0 Å². The Hall–Kier alpha value is -1.85. The molecule has 0 aliphatic rings. The number of nitrogens with two attached hydrogens (primary N) is 1. The number of aromatic amines is 1. The highest BCUT2D eigenvalue weighted by molar-refractivity contribution is 9.10. The minimum Gasteiger partial charge on any atom is -0.396 e. The van der Waals surface area contributed by atoms with Crippen LogP contribution in [-0.4, -0.2) is 10.8 Å². The molecule has 1 heterocycles. The number of carbonyl (C=O) groups is 1. The van der Waals surface area contributed by atoms with Crippen molar-refractivity contribution in [2.75, 3.05) is 5.73 Å². The average molecular weight is 368 g/mol. The number of rotatable bonds is 2. The van der Waals surface area contributed by atoms with E-state index in [-0.39, 0.29) is 11.5 Å². The first-order valence-corrected chi connectivity index (χ1v) is 7.20. The Morgan fingerprint density at radius 2 is 2.00 bits per heavy atom. The largest absolute Gasteiger partial charge is 0.396 e. The van der Waals surface area contributed by atoms with Crippen LogP contribution >= 0.6 is 27.5 Å². The van der Waals surface area contributed by atoms with E-state index in [2.05, 4.69) is 20.9 Å². The molecule has 0 aliphatic carbocycles. The number of aromatic nitrogens is 1. The molecule has 0 aliphatic heterocycles. The molecule has 3 N–H and O–H groups in total. The topological polar surface area (TPSA) is 58.9 Å². The van der Waals surface area contributed by atoms with Crippen molar-refractivity contribution in [3.8, 4) is 0 Å². The zero-order valence-electron chi connectivity index (χ0n) is 10.6. The van der Waals surface area contributed by atoms with E-state index in [1.165, 1.54) is 12.1 Å². The fourth-order valence-corrected chi connectivity index (χ4v) is 2.84. The van der Waals surface area contributed by atoms with Gasteiger partial charge in [0, 0.05) is 37.7 Å². The van der Waals surface area contributed by atoms with E-state index in [4.69, 9.17) is 17.3 Å². The molecule has 6 heteroatoms. The first-order chi connectivity index (χ1) is 9.97. The quantitative estimate of drug-likeness (QED) is 0.516. The highest BCUT2D eigenvalue weighted by Gasteiger charge is 2.18. The molecular weight excluding hydrogens is 359 g/mol. The summed E-state index contributed by atoms with van der Waals surface area (Å²) in [4.78, 5) is 15.6. The number of ketones is 1. The Kier molecular flexibility index (Phi) is 3.47. The summed E-state index contributed by atoms with van der Waals surface area (Å²) >= 11 is 9.11. The number of carbonyl (C=O) groups excluding carboxylic acids is 1. The van der Waals surface area contributed by atoms with E-state index < -0.39 is 5.82 Å². The molecule has 3 nitrogen and oxygen atoms in total. The van der Waals surface area contributed by atoms with Crippen LogP contribution in [-0.2, 0) is 0 Å². The van der Waals surface area contributed by atoms with E-state index in [1.807, 2.05) is 0 Å². The van der Waals surface area contributed by atoms with Gasteiger partial charge in [0.1, 0.15) is 5.82 Å². The maximum atomic E-state index is 13.4. The molecule has 0 fully saturated rings. The van der Waals surface area contributed by atoms with Crippen molar-refractivity contribution in [1.82, 2.24) is 4.98 Å². The lowest BCUT2D eigenvalue weighted by molar-refractivity contribution is 0.103. The molecule has 21 heavy (non-hydrogen) atoms. The molecule has 3 rings (SSSR count). The third kappa shape index (κ3) is 2.43. The lowest BCUT2D eigenvalue weighted by atomic mass is 10.0. The third-order valence-corrected chi connectivity index (χ3v) is 4.11. The Bertz CT molecular complexity index is 875. The monoisotopic (exact) mass is 366 g/mol. The summed E-state index contributed by atoms with van der Waals surface area (Å²) in [6.07, 6.45) is 1.61. The maximum absolute atomic E-state index is 13.4. The van der Waals surface area contributed by atoms with E-state index in [1.54, 1.807) is 24.4 Å². The Labute approximate surface area is 133 Å². The molecular formula is C15H9BrClFN2O. The van der Waals surface area contributed by atoms with Crippen LogP contribution in [0.2, 0.25) is 5.02 Å². The Morgan fingerprint density at radius 3 is 2.76 bits per heavy atom. The van der Waals surface area contributed by atoms with Gasteiger partial charge in [0.25, 0.3) is 0 Å². The number of halogens is 3. The number of benzene rings is 2. The van der Waals surface area contributed by atoms with Crippen LogP contribution < -0.4 is 5.73 Å². The summed E-state index contributed by atoms with van der Waals surface area (Å²) in [5.41, 5.74) is 7.03. The predicted molar refractivity (Wildman–Crippen MR) is 85.3 cm³/mol. The standard InChI is InChI=1S/C15H9BrClFN2O/c16-11-5-12(18)13(19)4-9(11)15(21)10-6-20-14-3-7(17)1-2-8(10)14/h1-6,20H,19H2. The van der Waals surface area contributed by atoms with Crippen LogP contribution in [0.15, 0.2) is 41.0 Å². The third-order valence-electron chi connectivity index (χ3n) is 3.22.